The molecular formula is C23H26ClN3O2. The summed E-state index contributed by atoms with van der Waals surface area (Å²) in [5.41, 5.74) is 3.49. The Morgan fingerprint density at radius 3 is 2.59 bits per heavy atom. The van der Waals surface area contributed by atoms with Crippen LogP contribution in [0.3, 0.4) is 0 Å². The molecule has 1 aliphatic rings. The number of nitrogens with one attached hydrogen (secondary N) is 1. The minimum absolute atomic E-state index is 0. The third-order valence-corrected chi connectivity index (χ3v) is 5.66. The summed E-state index contributed by atoms with van der Waals surface area (Å²) in [6.45, 7) is 4.20. The van der Waals surface area contributed by atoms with Crippen LogP contribution < -0.4 is 10.9 Å². The Labute approximate surface area is 176 Å². The zero-order chi connectivity index (χ0) is 19.7. The van der Waals surface area contributed by atoms with Gasteiger partial charge in [0.2, 0.25) is 0 Å². The van der Waals surface area contributed by atoms with Crippen LogP contribution in [0, 0.1) is 0 Å². The molecule has 152 valence electrons. The maximum Gasteiger partial charge on any atom is 0.255 e. The highest BCUT2D eigenvalue weighted by molar-refractivity contribution is 6.06. The Balaban J connectivity index is 0.00000240. The summed E-state index contributed by atoms with van der Waals surface area (Å²) in [5.74, 6) is -0.0834. The summed E-state index contributed by atoms with van der Waals surface area (Å²) in [6.07, 6.45) is 0.991. The van der Waals surface area contributed by atoms with Crippen molar-refractivity contribution in [1.82, 2.24) is 14.8 Å². The van der Waals surface area contributed by atoms with Gasteiger partial charge in [0.15, 0.2) is 0 Å². The SMILES string of the molecule is CCc1ccc(C2CNCCN2C(=O)c2cc(=O)n(C)c3ccccc23)cc1.Cl. The summed E-state index contributed by atoms with van der Waals surface area (Å²) in [4.78, 5) is 27.9. The highest BCUT2D eigenvalue weighted by Gasteiger charge is 2.30. The number of aromatic nitrogens is 1. The molecule has 2 heterocycles. The summed E-state index contributed by atoms with van der Waals surface area (Å²) in [7, 11) is 1.74. The molecule has 3 aromatic rings. The fourth-order valence-electron chi connectivity index (χ4n) is 3.96. The Kier molecular flexibility index (Phi) is 6.40. The number of halogens is 1. The second-order valence-corrected chi connectivity index (χ2v) is 7.29. The number of hydrogen-bond donors (Lipinski definition) is 1. The first-order chi connectivity index (χ1) is 13.6. The molecule has 0 spiro atoms. The molecule has 0 aliphatic carbocycles. The molecule has 1 saturated heterocycles. The van der Waals surface area contributed by atoms with Crippen LogP contribution in [0.25, 0.3) is 10.9 Å². The van der Waals surface area contributed by atoms with Crippen molar-refractivity contribution in [2.24, 2.45) is 7.05 Å². The van der Waals surface area contributed by atoms with E-state index in [1.54, 1.807) is 11.6 Å². The highest BCUT2D eigenvalue weighted by atomic mass is 35.5. The lowest BCUT2D eigenvalue weighted by Gasteiger charge is -2.37. The number of carbonyl (C=O) groups is 1. The third-order valence-electron chi connectivity index (χ3n) is 5.66. The van der Waals surface area contributed by atoms with Gasteiger partial charge in [-0.25, -0.2) is 0 Å². The third kappa shape index (κ3) is 3.93. The predicted molar refractivity (Wildman–Crippen MR) is 119 cm³/mol. The summed E-state index contributed by atoms with van der Waals surface area (Å²) < 4.78 is 1.59. The van der Waals surface area contributed by atoms with Gasteiger partial charge in [-0.3, -0.25) is 9.59 Å². The Morgan fingerprint density at radius 1 is 1.14 bits per heavy atom. The van der Waals surface area contributed by atoms with Crippen LogP contribution in [0.2, 0.25) is 0 Å². The molecule has 29 heavy (non-hydrogen) atoms. The molecule has 0 radical (unpaired) electrons. The molecule has 0 saturated carbocycles. The Bertz CT molecular complexity index is 1080. The van der Waals surface area contributed by atoms with Crippen LogP contribution in [0.15, 0.2) is 59.4 Å². The second kappa shape index (κ2) is 8.80. The van der Waals surface area contributed by atoms with Gasteiger partial charge in [-0.1, -0.05) is 49.4 Å². The first kappa shape index (κ1) is 21.1. The monoisotopic (exact) mass is 411 g/mol. The molecule has 5 nitrogen and oxygen atoms in total. The van der Waals surface area contributed by atoms with E-state index in [1.807, 2.05) is 29.2 Å². The van der Waals surface area contributed by atoms with Gasteiger partial charge in [0.05, 0.1) is 17.1 Å². The molecule has 1 atom stereocenters. The molecule has 4 rings (SSSR count). The number of fused-ring (bicyclic) bond motifs is 1. The molecule has 1 N–H and O–H groups in total. The molecule has 1 aromatic heterocycles. The molecule has 1 fully saturated rings. The van der Waals surface area contributed by atoms with Crippen molar-refractivity contribution in [2.45, 2.75) is 19.4 Å². The van der Waals surface area contributed by atoms with E-state index in [2.05, 4.69) is 36.5 Å². The largest absolute Gasteiger partial charge is 0.329 e. The molecule has 0 bridgehead atoms. The van der Waals surface area contributed by atoms with E-state index in [0.29, 0.717) is 18.7 Å². The summed E-state index contributed by atoms with van der Waals surface area (Å²) >= 11 is 0. The summed E-state index contributed by atoms with van der Waals surface area (Å²) in [6, 6.07) is 17.5. The maximum atomic E-state index is 13.5. The number of benzene rings is 2. The molecule has 1 unspecified atom stereocenters. The standard InChI is InChI=1S/C23H25N3O2.ClH/c1-3-16-8-10-17(11-9-16)21-15-24-12-13-26(21)23(28)19-14-22(27)25(2)20-7-5-4-6-18(19)20;/h4-11,14,21,24H,3,12-13,15H2,1-2H3;1H. The van der Waals surface area contributed by atoms with E-state index in [0.717, 1.165) is 29.4 Å². The molecule has 1 amide bonds. The van der Waals surface area contributed by atoms with Crippen molar-refractivity contribution in [1.29, 1.82) is 0 Å². The lowest BCUT2D eigenvalue weighted by Crippen LogP contribution is -2.49. The van der Waals surface area contributed by atoms with E-state index in [9.17, 15) is 9.59 Å². The number of piperazine rings is 1. The highest BCUT2D eigenvalue weighted by Crippen LogP contribution is 2.26. The van der Waals surface area contributed by atoms with Crippen LogP contribution in [-0.2, 0) is 13.5 Å². The average molecular weight is 412 g/mol. The van der Waals surface area contributed by atoms with Crippen molar-refractivity contribution < 1.29 is 4.79 Å². The number of nitrogens with zero attached hydrogens (tertiary/aromatic N) is 2. The zero-order valence-electron chi connectivity index (χ0n) is 16.7. The quantitative estimate of drug-likeness (QED) is 0.719. The van der Waals surface area contributed by atoms with E-state index < -0.39 is 0 Å². The minimum atomic E-state index is -0.166. The van der Waals surface area contributed by atoms with Crippen molar-refractivity contribution in [3.05, 3.63) is 81.6 Å². The molecular weight excluding hydrogens is 386 g/mol. The van der Waals surface area contributed by atoms with Gasteiger partial charge in [0, 0.05) is 38.1 Å². The number of rotatable bonds is 3. The number of carbonyl (C=O) groups excluding carboxylic acids is 1. The first-order valence-electron chi connectivity index (χ1n) is 9.79. The molecule has 2 aromatic carbocycles. The minimum Gasteiger partial charge on any atom is -0.329 e. The van der Waals surface area contributed by atoms with Gasteiger partial charge >= 0.3 is 0 Å². The van der Waals surface area contributed by atoms with Crippen LogP contribution in [0.1, 0.15) is 34.5 Å². The number of aryl methyl sites for hydroxylation is 2. The normalized spacial score (nSPS) is 16.5. The fraction of sp³-hybridized carbons (Fsp3) is 0.304. The number of amides is 1. The smallest absolute Gasteiger partial charge is 0.255 e. The fourth-order valence-corrected chi connectivity index (χ4v) is 3.96. The van der Waals surface area contributed by atoms with Crippen LogP contribution in [0.4, 0.5) is 0 Å². The Hall–Kier alpha value is -2.63. The van der Waals surface area contributed by atoms with Crippen LogP contribution >= 0.6 is 12.4 Å². The van der Waals surface area contributed by atoms with E-state index in [-0.39, 0.29) is 29.9 Å². The summed E-state index contributed by atoms with van der Waals surface area (Å²) in [5, 5.41) is 4.21. The van der Waals surface area contributed by atoms with E-state index in [4.69, 9.17) is 0 Å². The predicted octanol–water partition coefficient (Wildman–Crippen LogP) is 3.31. The number of para-hydroxylation sites is 1. The zero-order valence-corrected chi connectivity index (χ0v) is 17.5. The number of hydrogen-bond acceptors (Lipinski definition) is 3. The average Bonchev–Trinajstić information content (AvgIpc) is 2.76. The van der Waals surface area contributed by atoms with Gasteiger partial charge < -0.3 is 14.8 Å². The van der Waals surface area contributed by atoms with Gasteiger partial charge in [0.25, 0.3) is 11.5 Å². The molecule has 1 aliphatic heterocycles. The van der Waals surface area contributed by atoms with Crippen molar-refractivity contribution in [2.75, 3.05) is 19.6 Å². The lowest BCUT2D eigenvalue weighted by atomic mass is 9.99. The topological polar surface area (TPSA) is 54.3 Å². The van der Waals surface area contributed by atoms with Crippen molar-refractivity contribution >= 4 is 29.2 Å². The van der Waals surface area contributed by atoms with Crippen LogP contribution in [0.5, 0.6) is 0 Å². The second-order valence-electron chi connectivity index (χ2n) is 7.29. The first-order valence-corrected chi connectivity index (χ1v) is 9.79. The Morgan fingerprint density at radius 2 is 1.86 bits per heavy atom. The van der Waals surface area contributed by atoms with Gasteiger partial charge in [-0.2, -0.15) is 0 Å². The van der Waals surface area contributed by atoms with Gasteiger partial charge in [-0.05, 0) is 23.6 Å². The van der Waals surface area contributed by atoms with Gasteiger partial charge in [-0.15, -0.1) is 12.4 Å². The number of pyridine rings is 1. The van der Waals surface area contributed by atoms with E-state index in [1.165, 1.54) is 11.6 Å². The van der Waals surface area contributed by atoms with Crippen molar-refractivity contribution in [3.63, 3.8) is 0 Å². The molecule has 6 heteroatoms. The van der Waals surface area contributed by atoms with E-state index >= 15 is 0 Å². The van der Waals surface area contributed by atoms with Gasteiger partial charge in [0.1, 0.15) is 0 Å². The van der Waals surface area contributed by atoms with Crippen LogP contribution in [-0.4, -0.2) is 35.0 Å². The lowest BCUT2D eigenvalue weighted by molar-refractivity contribution is 0.0636. The van der Waals surface area contributed by atoms with Crippen molar-refractivity contribution in [3.8, 4) is 0 Å². The maximum absolute atomic E-state index is 13.5.